The number of imide groups is 1. The van der Waals surface area contributed by atoms with Crippen molar-refractivity contribution in [2.24, 2.45) is 0 Å². The maximum atomic E-state index is 11.7. The van der Waals surface area contributed by atoms with E-state index < -0.39 is 5.79 Å². The Bertz CT molecular complexity index is 1250. The smallest absolute Gasteiger partial charge is 0.290 e. The molecule has 4 fully saturated rings. The molecule has 0 radical (unpaired) electrons. The Hall–Kier alpha value is -3.13. The molecule has 4 aliphatic rings. The van der Waals surface area contributed by atoms with Crippen LogP contribution in [0.3, 0.4) is 0 Å². The van der Waals surface area contributed by atoms with E-state index in [-0.39, 0.29) is 17.4 Å². The first-order valence-corrected chi connectivity index (χ1v) is 10.7. The first kappa shape index (κ1) is 18.6. The Morgan fingerprint density at radius 2 is 1.77 bits per heavy atom. The molecule has 0 spiro atoms. The van der Waals surface area contributed by atoms with Crippen LogP contribution in [0.15, 0.2) is 65.6 Å². The average molecular weight is 431 g/mol. The number of hydrogen-bond donors (Lipinski definition) is 1. The topological polar surface area (TPSA) is 73.9 Å². The van der Waals surface area contributed by atoms with Crippen LogP contribution < -0.4 is 10.1 Å². The van der Waals surface area contributed by atoms with Crippen LogP contribution in [-0.2, 0) is 26.7 Å². The number of nitrogens with one attached hydrogen (secondary N) is 1. The SMILES string of the molecule is O=C1NC(=O)/C(=C/c2ccc3cc(OCc4ccc(C56CC(O5)O6)cc4)ccc3c2)S1. The molecule has 7 heteroatoms. The van der Waals surface area contributed by atoms with Gasteiger partial charge in [0.2, 0.25) is 5.79 Å². The van der Waals surface area contributed by atoms with Gasteiger partial charge in [-0.3, -0.25) is 14.9 Å². The van der Waals surface area contributed by atoms with Crippen molar-refractivity contribution < 1.29 is 23.8 Å². The molecular formula is C24H17NO5S. The van der Waals surface area contributed by atoms with Crippen molar-refractivity contribution in [3.8, 4) is 5.75 Å². The van der Waals surface area contributed by atoms with Gasteiger partial charge in [-0.05, 0) is 57.9 Å². The van der Waals surface area contributed by atoms with Gasteiger partial charge in [0.05, 0.1) is 11.3 Å². The molecule has 4 saturated heterocycles. The summed E-state index contributed by atoms with van der Waals surface area (Å²) in [6.07, 6.45) is 2.65. The van der Waals surface area contributed by atoms with E-state index in [1.807, 2.05) is 60.7 Å². The minimum Gasteiger partial charge on any atom is -0.489 e. The Kier molecular flexibility index (Phi) is 4.17. The number of carbonyl (C=O) groups excluding carboxylic acids is 2. The van der Waals surface area contributed by atoms with Crippen LogP contribution in [0, 0.1) is 0 Å². The number of benzene rings is 3. The third-order valence-electron chi connectivity index (χ3n) is 5.65. The quantitative estimate of drug-likeness (QED) is 0.592. The molecule has 2 amide bonds. The molecule has 0 aliphatic carbocycles. The maximum Gasteiger partial charge on any atom is 0.290 e. The van der Waals surface area contributed by atoms with E-state index in [1.165, 1.54) is 0 Å². The van der Waals surface area contributed by atoms with Crippen LogP contribution in [0.1, 0.15) is 23.1 Å². The van der Waals surface area contributed by atoms with Crippen LogP contribution in [0.5, 0.6) is 5.75 Å². The summed E-state index contributed by atoms with van der Waals surface area (Å²) in [7, 11) is 0. The second-order valence-corrected chi connectivity index (χ2v) is 8.74. The molecule has 0 saturated carbocycles. The van der Waals surface area contributed by atoms with E-state index in [2.05, 4.69) is 5.32 Å². The van der Waals surface area contributed by atoms with Gasteiger partial charge in [0.25, 0.3) is 11.1 Å². The molecule has 6 nitrogen and oxygen atoms in total. The minimum atomic E-state index is -0.493. The summed E-state index contributed by atoms with van der Waals surface area (Å²) in [5, 5.41) is 3.99. The summed E-state index contributed by atoms with van der Waals surface area (Å²) in [6.45, 7) is 0.466. The summed E-state index contributed by atoms with van der Waals surface area (Å²) in [5.74, 6) is -0.0614. The van der Waals surface area contributed by atoms with Gasteiger partial charge in [-0.25, -0.2) is 0 Å². The predicted octanol–water partition coefficient (Wildman–Crippen LogP) is 4.67. The fourth-order valence-electron chi connectivity index (χ4n) is 3.90. The highest BCUT2D eigenvalue weighted by molar-refractivity contribution is 8.18. The third-order valence-corrected chi connectivity index (χ3v) is 6.46. The van der Waals surface area contributed by atoms with E-state index in [9.17, 15) is 9.59 Å². The molecule has 3 aromatic carbocycles. The van der Waals surface area contributed by atoms with E-state index >= 15 is 0 Å². The molecular weight excluding hydrogens is 414 g/mol. The van der Waals surface area contributed by atoms with E-state index in [0.29, 0.717) is 11.5 Å². The molecule has 4 heterocycles. The predicted molar refractivity (Wildman–Crippen MR) is 116 cm³/mol. The highest BCUT2D eigenvalue weighted by Gasteiger charge is 2.62. The highest BCUT2D eigenvalue weighted by Crippen LogP contribution is 2.55. The fourth-order valence-corrected chi connectivity index (χ4v) is 4.59. The second kappa shape index (κ2) is 6.95. The molecule has 0 aromatic heterocycles. The van der Waals surface area contributed by atoms with E-state index in [0.717, 1.165) is 51.4 Å². The molecule has 2 bridgehead atoms. The molecule has 0 atom stereocenters. The first-order chi connectivity index (χ1) is 15.1. The van der Waals surface area contributed by atoms with Crippen LogP contribution in [-0.4, -0.2) is 17.4 Å². The van der Waals surface area contributed by atoms with Crippen molar-refractivity contribution in [2.45, 2.75) is 25.1 Å². The Balaban J connectivity index is 1.14. The van der Waals surface area contributed by atoms with Crippen molar-refractivity contribution in [2.75, 3.05) is 0 Å². The number of ether oxygens (including phenoxy) is 3. The van der Waals surface area contributed by atoms with Gasteiger partial charge in [-0.1, -0.05) is 42.5 Å². The molecule has 4 aliphatic heterocycles. The monoisotopic (exact) mass is 431 g/mol. The number of amides is 2. The minimum absolute atomic E-state index is 0.00561. The normalized spacial score (nSPS) is 25.3. The summed E-state index contributed by atoms with van der Waals surface area (Å²) >= 11 is 0.917. The Labute approximate surface area is 182 Å². The average Bonchev–Trinajstić information content (AvgIpc) is 3.02. The number of hydrogen-bond acceptors (Lipinski definition) is 6. The van der Waals surface area contributed by atoms with E-state index in [1.54, 1.807) is 6.08 Å². The lowest BCUT2D eigenvalue weighted by atomic mass is 9.91. The van der Waals surface area contributed by atoms with E-state index in [4.69, 9.17) is 14.2 Å². The van der Waals surface area contributed by atoms with Crippen molar-refractivity contribution >= 4 is 39.8 Å². The summed E-state index contributed by atoms with van der Waals surface area (Å²) in [6, 6.07) is 19.9. The second-order valence-electron chi connectivity index (χ2n) is 7.73. The fraction of sp³-hybridized carbons (Fsp3) is 0.167. The van der Waals surface area contributed by atoms with Gasteiger partial charge in [-0.2, -0.15) is 0 Å². The van der Waals surface area contributed by atoms with Gasteiger partial charge in [-0.15, -0.1) is 0 Å². The molecule has 154 valence electrons. The van der Waals surface area contributed by atoms with Gasteiger partial charge in [0.1, 0.15) is 12.4 Å². The Morgan fingerprint density at radius 3 is 2.45 bits per heavy atom. The number of fused-ring (bicyclic) bond motifs is 1. The van der Waals surface area contributed by atoms with Crippen molar-refractivity contribution in [3.63, 3.8) is 0 Å². The summed E-state index contributed by atoms with van der Waals surface area (Å²) in [5.41, 5.74) is 2.98. The molecule has 3 aromatic rings. The third kappa shape index (κ3) is 3.31. The molecule has 31 heavy (non-hydrogen) atoms. The van der Waals surface area contributed by atoms with Gasteiger partial charge < -0.3 is 14.2 Å². The number of rotatable bonds is 5. The summed E-state index contributed by atoms with van der Waals surface area (Å²) in [4.78, 5) is 23.4. The number of carbonyl (C=O) groups is 2. The van der Waals surface area contributed by atoms with Gasteiger partial charge in [0, 0.05) is 5.56 Å². The zero-order chi connectivity index (χ0) is 21.0. The van der Waals surface area contributed by atoms with Gasteiger partial charge in [0.15, 0.2) is 6.29 Å². The lowest BCUT2D eigenvalue weighted by molar-refractivity contribution is -0.566. The molecule has 7 rings (SSSR count). The van der Waals surface area contributed by atoms with Crippen molar-refractivity contribution in [1.82, 2.24) is 5.32 Å². The number of thioether (sulfide) groups is 1. The van der Waals surface area contributed by atoms with Crippen LogP contribution in [0.4, 0.5) is 4.79 Å². The lowest BCUT2D eigenvalue weighted by Crippen LogP contribution is -2.65. The molecule has 1 N–H and O–H groups in total. The van der Waals surface area contributed by atoms with Crippen LogP contribution in [0.25, 0.3) is 16.8 Å². The Morgan fingerprint density at radius 1 is 1.03 bits per heavy atom. The lowest BCUT2D eigenvalue weighted by Gasteiger charge is -2.59. The van der Waals surface area contributed by atoms with Crippen molar-refractivity contribution in [3.05, 3.63) is 82.3 Å². The zero-order valence-corrected chi connectivity index (χ0v) is 17.1. The van der Waals surface area contributed by atoms with Crippen LogP contribution >= 0.6 is 11.8 Å². The van der Waals surface area contributed by atoms with Crippen LogP contribution in [0.2, 0.25) is 0 Å². The van der Waals surface area contributed by atoms with Crippen molar-refractivity contribution in [1.29, 1.82) is 0 Å². The maximum absolute atomic E-state index is 11.7. The highest BCUT2D eigenvalue weighted by atomic mass is 32.2. The zero-order valence-electron chi connectivity index (χ0n) is 16.3. The summed E-state index contributed by atoms with van der Waals surface area (Å²) < 4.78 is 17.1. The standard InChI is InChI=1S/C24H17NO5S/c26-22-20(31-23(27)25-22)10-15-1-4-17-11-19(8-5-16(17)9-15)28-13-14-2-6-18(7-3-14)24-12-21(29-24)30-24/h1-11,21H,12-13H2,(H,25,26,27)/b20-10-. The molecule has 0 unspecified atom stereocenters. The first-order valence-electron chi connectivity index (χ1n) is 9.93. The largest absolute Gasteiger partial charge is 0.489 e. The van der Waals surface area contributed by atoms with Gasteiger partial charge >= 0.3 is 0 Å².